The Morgan fingerprint density at radius 1 is 1.56 bits per heavy atom. The van der Waals surface area contributed by atoms with Crippen molar-refractivity contribution >= 4 is 17.3 Å². The molecule has 0 amide bonds. The molecule has 2 heterocycles. The summed E-state index contributed by atoms with van der Waals surface area (Å²) in [7, 11) is 1.53. The zero-order valence-corrected chi connectivity index (χ0v) is 11.3. The predicted molar refractivity (Wildman–Crippen MR) is 67.1 cm³/mol. The second-order valence-electron chi connectivity index (χ2n) is 3.80. The van der Waals surface area contributed by atoms with E-state index in [-0.39, 0.29) is 5.78 Å². The topological polar surface area (TPSA) is 69.9 Å². The third-order valence-electron chi connectivity index (χ3n) is 2.53. The quantitative estimate of drug-likeness (QED) is 0.770. The van der Waals surface area contributed by atoms with Gasteiger partial charge in [0.25, 0.3) is 0 Å². The normalized spacial score (nSPS) is 10.6. The van der Waals surface area contributed by atoms with E-state index in [4.69, 9.17) is 4.74 Å². The van der Waals surface area contributed by atoms with Crippen LogP contribution in [0.5, 0.6) is 5.75 Å². The van der Waals surface area contributed by atoms with E-state index in [1.165, 1.54) is 7.11 Å². The van der Waals surface area contributed by atoms with Crippen molar-refractivity contribution in [2.24, 2.45) is 0 Å². The Labute approximate surface area is 109 Å². The summed E-state index contributed by atoms with van der Waals surface area (Å²) in [4.78, 5) is 13.0. The maximum atomic E-state index is 12.5. The number of methoxy groups -OCH3 is 1. The lowest BCUT2D eigenvalue weighted by Gasteiger charge is -2.06. The van der Waals surface area contributed by atoms with E-state index in [2.05, 4.69) is 14.7 Å². The number of rotatable bonds is 5. The molecule has 2 aromatic heterocycles. The average molecular weight is 266 g/mol. The van der Waals surface area contributed by atoms with Gasteiger partial charge in [-0.15, -0.1) is 5.10 Å². The molecule has 0 aliphatic heterocycles. The number of hydrogen-bond acceptors (Lipinski definition) is 6. The number of aryl methyl sites for hydroxylation is 2. The molecule has 0 aromatic carbocycles. The second kappa shape index (κ2) is 5.26. The van der Waals surface area contributed by atoms with Crippen molar-refractivity contribution in [2.75, 3.05) is 7.11 Å². The van der Waals surface area contributed by atoms with E-state index in [9.17, 15) is 4.79 Å². The molecule has 6 nitrogen and oxygen atoms in total. The zero-order valence-electron chi connectivity index (χ0n) is 10.5. The van der Waals surface area contributed by atoms with Crippen LogP contribution in [0.25, 0.3) is 0 Å². The van der Waals surface area contributed by atoms with E-state index in [0.29, 0.717) is 28.6 Å². The number of nitrogens with zero attached hydrogens (tertiary/aromatic N) is 4. The summed E-state index contributed by atoms with van der Waals surface area (Å²) in [5.41, 5.74) is 1.10. The molecule has 0 aliphatic carbocycles. The molecule has 0 spiro atoms. The summed E-state index contributed by atoms with van der Waals surface area (Å²) in [5.74, 6) is 0.353. The van der Waals surface area contributed by atoms with Crippen molar-refractivity contribution in [3.05, 3.63) is 22.5 Å². The molecule has 0 bridgehead atoms. The Morgan fingerprint density at radius 3 is 2.89 bits per heavy atom. The van der Waals surface area contributed by atoms with Crippen molar-refractivity contribution in [1.29, 1.82) is 0 Å². The molecular weight excluding hydrogens is 252 g/mol. The molecular formula is C11H14N4O2S. The summed E-state index contributed by atoms with van der Waals surface area (Å²) in [5, 5.41) is 8.03. The van der Waals surface area contributed by atoms with Crippen molar-refractivity contribution < 1.29 is 9.53 Å². The fourth-order valence-electron chi connectivity index (χ4n) is 1.68. The van der Waals surface area contributed by atoms with Gasteiger partial charge in [-0.1, -0.05) is 11.4 Å². The molecule has 2 aromatic rings. The van der Waals surface area contributed by atoms with Gasteiger partial charge in [0.05, 0.1) is 19.0 Å². The van der Waals surface area contributed by atoms with Crippen molar-refractivity contribution in [1.82, 2.24) is 19.4 Å². The molecule has 2 rings (SSSR count). The Morgan fingerprint density at radius 2 is 2.33 bits per heavy atom. The van der Waals surface area contributed by atoms with Crippen LogP contribution < -0.4 is 4.74 Å². The highest BCUT2D eigenvalue weighted by Gasteiger charge is 2.24. The fraction of sp³-hybridized carbons (Fsp3) is 0.455. The lowest BCUT2D eigenvalue weighted by molar-refractivity contribution is 0.102. The van der Waals surface area contributed by atoms with Gasteiger partial charge in [-0.2, -0.15) is 5.10 Å². The standard InChI is InChI=1S/C11H14N4O2S/c1-4-5-15-9(8(17-3)6-12-15)10(16)11-7(2)13-14-18-11/h6H,4-5H2,1-3H3. The van der Waals surface area contributed by atoms with Crippen LogP contribution >= 0.6 is 11.5 Å². The molecule has 96 valence electrons. The van der Waals surface area contributed by atoms with Crippen LogP contribution in [0.2, 0.25) is 0 Å². The largest absolute Gasteiger partial charge is 0.493 e. The number of ether oxygens (including phenoxy) is 1. The first-order chi connectivity index (χ1) is 8.69. The van der Waals surface area contributed by atoms with Crippen LogP contribution in [0.1, 0.15) is 34.4 Å². The highest BCUT2D eigenvalue weighted by Crippen LogP contribution is 2.24. The Kier molecular flexibility index (Phi) is 3.71. The van der Waals surface area contributed by atoms with E-state index in [1.807, 2.05) is 6.92 Å². The van der Waals surface area contributed by atoms with Crippen LogP contribution in [-0.4, -0.2) is 32.3 Å². The first-order valence-electron chi connectivity index (χ1n) is 5.62. The van der Waals surface area contributed by atoms with E-state index in [0.717, 1.165) is 18.0 Å². The van der Waals surface area contributed by atoms with Gasteiger partial charge in [-0.3, -0.25) is 9.48 Å². The highest BCUT2D eigenvalue weighted by atomic mass is 32.1. The molecule has 18 heavy (non-hydrogen) atoms. The number of carbonyl (C=O) groups is 1. The van der Waals surface area contributed by atoms with Crippen LogP contribution in [0.15, 0.2) is 6.20 Å². The maximum Gasteiger partial charge on any atom is 0.228 e. The first-order valence-corrected chi connectivity index (χ1v) is 6.39. The number of ketones is 1. The molecule has 7 heteroatoms. The molecule has 0 aliphatic rings. The number of carbonyl (C=O) groups excluding carboxylic acids is 1. The van der Waals surface area contributed by atoms with E-state index >= 15 is 0 Å². The predicted octanol–water partition coefficient (Wildman–Crippen LogP) is 1.69. The minimum Gasteiger partial charge on any atom is -0.493 e. The lowest BCUT2D eigenvalue weighted by atomic mass is 10.2. The van der Waals surface area contributed by atoms with Gasteiger partial charge >= 0.3 is 0 Å². The molecule has 0 atom stereocenters. The van der Waals surface area contributed by atoms with Crippen molar-refractivity contribution in [3.8, 4) is 5.75 Å². The summed E-state index contributed by atoms with van der Waals surface area (Å²) in [6, 6.07) is 0. The smallest absolute Gasteiger partial charge is 0.228 e. The molecule has 0 unspecified atom stereocenters. The van der Waals surface area contributed by atoms with Gasteiger partial charge in [-0.25, -0.2) is 0 Å². The molecule has 0 saturated carbocycles. The van der Waals surface area contributed by atoms with Gasteiger partial charge in [0.2, 0.25) is 5.78 Å². The fourth-order valence-corrected chi connectivity index (χ4v) is 2.27. The molecule has 0 saturated heterocycles. The van der Waals surface area contributed by atoms with Crippen LogP contribution in [0, 0.1) is 6.92 Å². The van der Waals surface area contributed by atoms with Gasteiger partial charge in [-0.05, 0) is 24.9 Å². The van der Waals surface area contributed by atoms with Gasteiger partial charge in [0, 0.05) is 6.54 Å². The second-order valence-corrected chi connectivity index (χ2v) is 4.56. The Balaban J connectivity index is 2.46. The van der Waals surface area contributed by atoms with E-state index < -0.39 is 0 Å². The molecule has 0 N–H and O–H groups in total. The molecule has 0 radical (unpaired) electrons. The van der Waals surface area contributed by atoms with Gasteiger partial charge < -0.3 is 4.74 Å². The van der Waals surface area contributed by atoms with Crippen LogP contribution in [0.4, 0.5) is 0 Å². The summed E-state index contributed by atoms with van der Waals surface area (Å²) >= 11 is 1.09. The molecule has 0 fully saturated rings. The number of hydrogen-bond donors (Lipinski definition) is 0. The minimum absolute atomic E-state index is 0.134. The van der Waals surface area contributed by atoms with Crippen molar-refractivity contribution in [3.63, 3.8) is 0 Å². The van der Waals surface area contributed by atoms with Crippen molar-refractivity contribution in [2.45, 2.75) is 26.8 Å². The Bertz CT molecular complexity index is 561. The third kappa shape index (κ3) is 2.13. The number of aromatic nitrogens is 4. The van der Waals surface area contributed by atoms with Gasteiger partial charge in [0.1, 0.15) is 4.88 Å². The van der Waals surface area contributed by atoms with E-state index in [1.54, 1.807) is 17.8 Å². The van der Waals surface area contributed by atoms with Gasteiger partial charge in [0.15, 0.2) is 11.4 Å². The Hall–Kier alpha value is -1.76. The third-order valence-corrected chi connectivity index (χ3v) is 3.36. The summed E-state index contributed by atoms with van der Waals surface area (Å²) < 4.78 is 10.6. The van der Waals surface area contributed by atoms with Crippen LogP contribution in [0.3, 0.4) is 0 Å². The first kappa shape index (κ1) is 12.7. The summed E-state index contributed by atoms with van der Waals surface area (Å²) in [6.45, 7) is 4.47. The minimum atomic E-state index is -0.134. The average Bonchev–Trinajstić information content (AvgIpc) is 2.95. The monoisotopic (exact) mass is 266 g/mol. The van der Waals surface area contributed by atoms with Crippen LogP contribution in [-0.2, 0) is 6.54 Å². The maximum absolute atomic E-state index is 12.5. The summed E-state index contributed by atoms with van der Waals surface area (Å²) in [6.07, 6.45) is 2.46. The highest BCUT2D eigenvalue weighted by molar-refractivity contribution is 7.08. The zero-order chi connectivity index (χ0) is 13.1. The SMILES string of the molecule is CCCn1ncc(OC)c1C(=O)c1snnc1C. The lowest BCUT2D eigenvalue weighted by Crippen LogP contribution is -2.12.